The van der Waals surface area contributed by atoms with Gasteiger partial charge in [0.1, 0.15) is 12.7 Å². The van der Waals surface area contributed by atoms with Crippen LogP contribution in [0, 0.1) is 0 Å². The number of hydrogen-bond donors (Lipinski definition) is 3. The van der Waals surface area contributed by atoms with Crippen molar-refractivity contribution in [3.05, 3.63) is 60.2 Å². The van der Waals surface area contributed by atoms with Crippen LogP contribution in [0.15, 0.2) is 54.6 Å². The molecule has 0 spiro atoms. The monoisotopic (exact) mass is 384 g/mol. The molecular formula is C23H32N2O3. The third-order valence-electron chi connectivity index (χ3n) is 5.17. The molecule has 5 nitrogen and oxygen atoms in total. The molecule has 0 bridgehead atoms. The van der Waals surface area contributed by atoms with Crippen molar-refractivity contribution in [2.45, 2.75) is 51.0 Å². The summed E-state index contributed by atoms with van der Waals surface area (Å²) in [6.07, 6.45) is 1.58. The number of fused-ring (bicyclic) bond motifs is 1. The minimum Gasteiger partial charge on any atom is -0.486 e. The molecule has 0 radical (unpaired) electrons. The Balaban J connectivity index is 1.32. The standard InChI is InChI=1S/C23H32N2O3/c1-17(12-13-19-8-4-3-5-9-19)24-14-20(26)15-25-18(2)23-16-27-21-10-6-7-11-22(21)28-23/h3-11,17-18,20,23-26H,12-16H2,1-2H3/t17-,18+,20-,23+/m0/s1. The van der Waals surface area contributed by atoms with Crippen molar-refractivity contribution in [1.29, 1.82) is 0 Å². The second kappa shape index (κ2) is 10.5. The van der Waals surface area contributed by atoms with Gasteiger partial charge in [-0.3, -0.25) is 0 Å². The lowest BCUT2D eigenvalue weighted by molar-refractivity contribution is 0.0611. The van der Waals surface area contributed by atoms with Crippen molar-refractivity contribution in [3.63, 3.8) is 0 Å². The van der Waals surface area contributed by atoms with Crippen LogP contribution in [0.2, 0.25) is 0 Å². The second-order valence-electron chi connectivity index (χ2n) is 7.60. The Labute approximate surface area is 168 Å². The highest BCUT2D eigenvalue weighted by Gasteiger charge is 2.26. The van der Waals surface area contributed by atoms with E-state index >= 15 is 0 Å². The lowest BCUT2D eigenvalue weighted by Crippen LogP contribution is -2.49. The van der Waals surface area contributed by atoms with Crippen LogP contribution in [0.4, 0.5) is 0 Å². The lowest BCUT2D eigenvalue weighted by atomic mass is 10.1. The van der Waals surface area contributed by atoms with E-state index in [1.54, 1.807) is 0 Å². The zero-order valence-corrected chi connectivity index (χ0v) is 16.8. The smallest absolute Gasteiger partial charge is 0.161 e. The van der Waals surface area contributed by atoms with E-state index in [2.05, 4.69) is 48.7 Å². The maximum Gasteiger partial charge on any atom is 0.161 e. The summed E-state index contributed by atoms with van der Waals surface area (Å²) in [6.45, 7) is 5.82. The minimum atomic E-state index is -0.446. The second-order valence-corrected chi connectivity index (χ2v) is 7.60. The summed E-state index contributed by atoms with van der Waals surface area (Å²) in [7, 11) is 0. The zero-order valence-electron chi connectivity index (χ0n) is 16.8. The number of aliphatic hydroxyl groups excluding tert-OH is 1. The van der Waals surface area contributed by atoms with E-state index < -0.39 is 6.10 Å². The predicted molar refractivity (Wildman–Crippen MR) is 112 cm³/mol. The summed E-state index contributed by atoms with van der Waals surface area (Å²) in [4.78, 5) is 0. The van der Waals surface area contributed by atoms with Gasteiger partial charge in [0.15, 0.2) is 11.5 Å². The fourth-order valence-corrected chi connectivity index (χ4v) is 3.27. The Hall–Kier alpha value is -2.08. The molecule has 0 fully saturated rings. The van der Waals surface area contributed by atoms with E-state index in [1.807, 2.05) is 30.3 Å². The molecule has 0 saturated carbocycles. The molecule has 2 aromatic rings. The van der Waals surface area contributed by atoms with Crippen LogP contribution in [0.25, 0.3) is 0 Å². The summed E-state index contributed by atoms with van der Waals surface area (Å²) in [5, 5.41) is 17.1. The van der Waals surface area contributed by atoms with Crippen molar-refractivity contribution >= 4 is 0 Å². The van der Waals surface area contributed by atoms with Crippen molar-refractivity contribution in [1.82, 2.24) is 10.6 Å². The average molecular weight is 385 g/mol. The number of nitrogens with one attached hydrogen (secondary N) is 2. The number of para-hydroxylation sites is 2. The van der Waals surface area contributed by atoms with Crippen LogP contribution in [0.3, 0.4) is 0 Å². The van der Waals surface area contributed by atoms with E-state index in [-0.39, 0.29) is 12.1 Å². The first-order valence-corrected chi connectivity index (χ1v) is 10.2. The van der Waals surface area contributed by atoms with Crippen molar-refractivity contribution < 1.29 is 14.6 Å². The Morgan fingerprint density at radius 2 is 1.64 bits per heavy atom. The predicted octanol–water partition coefficient (Wildman–Crippen LogP) is 2.78. The maximum atomic E-state index is 10.3. The normalized spacial score (nSPS) is 19.0. The molecular weight excluding hydrogens is 352 g/mol. The SMILES string of the molecule is C[C@@H](CCc1ccccc1)NC[C@H](O)CN[C@H](C)[C@H]1COc2ccccc2O1. The average Bonchev–Trinajstić information content (AvgIpc) is 2.75. The van der Waals surface area contributed by atoms with Gasteiger partial charge in [-0.1, -0.05) is 42.5 Å². The first kappa shape index (κ1) is 20.6. The fraction of sp³-hybridized carbons (Fsp3) is 0.478. The Bertz CT molecular complexity index is 710. The van der Waals surface area contributed by atoms with Gasteiger partial charge in [-0.2, -0.15) is 0 Å². The molecule has 0 unspecified atom stereocenters. The highest BCUT2D eigenvalue weighted by atomic mass is 16.6. The molecule has 3 rings (SSSR count). The minimum absolute atomic E-state index is 0.0696. The van der Waals surface area contributed by atoms with Crippen molar-refractivity contribution in [2.75, 3.05) is 19.7 Å². The third-order valence-corrected chi connectivity index (χ3v) is 5.17. The number of aryl methyl sites for hydroxylation is 1. The molecule has 1 aliphatic rings. The quantitative estimate of drug-likeness (QED) is 0.588. The Morgan fingerprint density at radius 1 is 0.964 bits per heavy atom. The number of benzene rings is 2. The van der Waals surface area contributed by atoms with E-state index in [0.717, 1.165) is 24.3 Å². The Morgan fingerprint density at radius 3 is 2.43 bits per heavy atom. The van der Waals surface area contributed by atoms with Crippen LogP contribution in [0.1, 0.15) is 25.8 Å². The third kappa shape index (κ3) is 6.23. The molecule has 3 N–H and O–H groups in total. The maximum absolute atomic E-state index is 10.3. The van der Waals surface area contributed by atoms with Crippen molar-refractivity contribution in [2.24, 2.45) is 0 Å². The van der Waals surface area contributed by atoms with Gasteiger partial charge in [0.2, 0.25) is 0 Å². The molecule has 1 aliphatic heterocycles. The number of aliphatic hydroxyl groups is 1. The molecule has 28 heavy (non-hydrogen) atoms. The van der Waals surface area contributed by atoms with Gasteiger partial charge in [0.05, 0.1) is 6.10 Å². The summed E-state index contributed by atoms with van der Waals surface area (Å²) < 4.78 is 11.8. The summed E-state index contributed by atoms with van der Waals surface area (Å²) in [5.41, 5.74) is 1.35. The van der Waals surface area contributed by atoms with E-state index in [0.29, 0.717) is 25.7 Å². The van der Waals surface area contributed by atoms with E-state index in [4.69, 9.17) is 9.47 Å². The molecule has 4 atom stereocenters. The first-order valence-electron chi connectivity index (χ1n) is 10.2. The van der Waals surface area contributed by atoms with Gasteiger partial charge in [-0.05, 0) is 44.4 Å². The number of hydrogen-bond acceptors (Lipinski definition) is 5. The van der Waals surface area contributed by atoms with Crippen LogP contribution >= 0.6 is 0 Å². The van der Waals surface area contributed by atoms with Crippen LogP contribution in [0.5, 0.6) is 11.5 Å². The van der Waals surface area contributed by atoms with Crippen LogP contribution < -0.4 is 20.1 Å². The summed E-state index contributed by atoms with van der Waals surface area (Å²) in [6, 6.07) is 18.7. The van der Waals surface area contributed by atoms with Crippen LogP contribution in [-0.2, 0) is 6.42 Å². The molecule has 0 amide bonds. The fourth-order valence-electron chi connectivity index (χ4n) is 3.27. The molecule has 0 aromatic heterocycles. The molecule has 152 valence electrons. The van der Waals surface area contributed by atoms with Gasteiger partial charge >= 0.3 is 0 Å². The molecule has 0 aliphatic carbocycles. The van der Waals surface area contributed by atoms with Gasteiger partial charge in [-0.25, -0.2) is 0 Å². The summed E-state index contributed by atoms with van der Waals surface area (Å²) >= 11 is 0. The van der Waals surface area contributed by atoms with Gasteiger partial charge < -0.3 is 25.2 Å². The van der Waals surface area contributed by atoms with Gasteiger partial charge in [0.25, 0.3) is 0 Å². The largest absolute Gasteiger partial charge is 0.486 e. The van der Waals surface area contributed by atoms with Gasteiger partial charge in [-0.15, -0.1) is 0 Å². The van der Waals surface area contributed by atoms with E-state index in [9.17, 15) is 5.11 Å². The lowest BCUT2D eigenvalue weighted by Gasteiger charge is -2.31. The molecule has 1 heterocycles. The highest BCUT2D eigenvalue weighted by molar-refractivity contribution is 5.40. The molecule has 2 aromatic carbocycles. The topological polar surface area (TPSA) is 62.8 Å². The molecule has 5 heteroatoms. The highest BCUT2D eigenvalue weighted by Crippen LogP contribution is 2.31. The number of ether oxygens (including phenoxy) is 2. The molecule has 0 saturated heterocycles. The van der Waals surface area contributed by atoms with Crippen LogP contribution in [-0.4, -0.2) is 49.1 Å². The zero-order chi connectivity index (χ0) is 19.8. The summed E-state index contributed by atoms with van der Waals surface area (Å²) in [5.74, 6) is 1.57. The van der Waals surface area contributed by atoms with Gasteiger partial charge in [0, 0.05) is 25.2 Å². The van der Waals surface area contributed by atoms with E-state index in [1.165, 1.54) is 5.56 Å². The number of rotatable bonds is 10. The first-order chi connectivity index (χ1) is 13.6. The Kier molecular flexibility index (Phi) is 7.71. The van der Waals surface area contributed by atoms with Crippen molar-refractivity contribution in [3.8, 4) is 11.5 Å².